The highest BCUT2D eigenvalue weighted by molar-refractivity contribution is 5.02. The topological polar surface area (TPSA) is 38.5 Å². The second kappa shape index (κ2) is 5.94. The average Bonchev–Trinajstić information content (AvgIpc) is 3.09. The van der Waals surface area contributed by atoms with Crippen LogP contribution in [0.5, 0.6) is 0 Å². The second-order valence-electron chi connectivity index (χ2n) is 7.59. The predicted molar refractivity (Wildman–Crippen MR) is 82.6 cm³/mol. The van der Waals surface area contributed by atoms with Gasteiger partial charge in [-0.1, -0.05) is 19.3 Å². The fourth-order valence-electron chi connectivity index (χ4n) is 5.49. The summed E-state index contributed by atoms with van der Waals surface area (Å²) in [6, 6.07) is 0. The van der Waals surface area contributed by atoms with Gasteiger partial charge in [-0.2, -0.15) is 0 Å². The van der Waals surface area contributed by atoms with Crippen molar-refractivity contribution >= 4 is 0 Å². The van der Waals surface area contributed by atoms with Crippen molar-refractivity contribution in [1.82, 2.24) is 4.90 Å². The third-order valence-electron chi connectivity index (χ3n) is 6.72. The number of methoxy groups -OCH3 is 1. The van der Waals surface area contributed by atoms with E-state index in [1.807, 2.05) is 7.11 Å². The molecule has 0 saturated heterocycles. The number of hydrogen-bond donors (Lipinski definition) is 1. The fourth-order valence-corrected chi connectivity index (χ4v) is 5.49. The van der Waals surface area contributed by atoms with Gasteiger partial charge in [-0.3, -0.25) is 4.90 Å². The summed E-state index contributed by atoms with van der Waals surface area (Å²) in [4.78, 5) is 2.59. The lowest BCUT2D eigenvalue weighted by atomic mass is 9.76. The van der Waals surface area contributed by atoms with E-state index in [1.165, 1.54) is 57.9 Å². The first-order valence-electron chi connectivity index (χ1n) is 8.63. The molecule has 5 atom stereocenters. The number of rotatable bonds is 5. The maximum absolute atomic E-state index is 6.23. The first-order valence-corrected chi connectivity index (χ1v) is 8.63. The van der Waals surface area contributed by atoms with Crippen LogP contribution >= 0.6 is 0 Å². The van der Waals surface area contributed by atoms with Crippen LogP contribution in [0.25, 0.3) is 0 Å². The molecule has 0 aromatic carbocycles. The Morgan fingerprint density at radius 1 is 1.20 bits per heavy atom. The highest BCUT2D eigenvalue weighted by Crippen LogP contribution is 2.49. The van der Waals surface area contributed by atoms with Crippen LogP contribution in [0.2, 0.25) is 0 Å². The van der Waals surface area contributed by atoms with E-state index in [4.69, 9.17) is 10.5 Å². The van der Waals surface area contributed by atoms with Crippen LogP contribution in [0.4, 0.5) is 0 Å². The highest BCUT2D eigenvalue weighted by Gasteiger charge is 2.46. The molecular weight excluding hydrogens is 248 g/mol. The Balaban J connectivity index is 1.68. The third kappa shape index (κ3) is 2.42. The Morgan fingerprint density at radius 2 is 2.05 bits per heavy atom. The lowest BCUT2D eigenvalue weighted by molar-refractivity contribution is -0.0720. The number of nitrogens with zero attached hydrogens (tertiary/aromatic N) is 1. The Labute approximate surface area is 124 Å². The van der Waals surface area contributed by atoms with Gasteiger partial charge >= 0.3 is 0 Å². The molecule has 0 spiro atoms. The Kier molecular flexibility index (Phi) is 4.40. The van der Waals surface area contributed by atoms with Gasteiger partial charge in [0.1, 0.15) is 0 Å². The summed E-state index contributed by atoms with van der Waals surface area (Å²) in [6.45, 7) is 1.97. The number of hydrogen-bond acceptors (Lipinski definition) is 3. The van der Waals surface area contributed by atoms with E-state index in [-0.39, 0.29) is 5.54 Å². The summed E-state index contributed by atoms with van der Waals surface area (Å²) in [7, 11) is 4.17. The number of ether oxygens (including phenoxy) is 1. The van der Waals surface area contributed by atoms with Crippen LogP contribution in [0.15, 0.2) is 0 Å². The minimum atomic E-state index is 0.0921. The van der Waals surface area contributed by atoms with Crippen LogP contribution in [0, 0.1) is 17.8 Å². The first kappa shape index (κ1) is 14.8. The molecule has 3 fully saturated rings. The Morgan fingerprint density at radius 3 is 2.65 bits per heavy atom. The van der Waals surface area contributed by atoms with Gasteiger partial charge in [-0.25, -0.2) is 0 Å². The zero-order valence-corrected chi connectivity index (χ0v) is 13.3. The van der Waals surface area contributed by atoms with Crippen molar-refractivity contribution in [3.05, 3.63) is 0 Å². The van der Waals surface area contributed by atoms with E-state index in [0.717, 1.165) is 24.3 Å². The summed E-state index contributed by atoms with van der Waals surface area (Å²) >= 11 is 0. The maximum atomic E-state index is 6.23. The lowest BCUT2D eigenvalue weighted by Crippen LogP contribution is -2.62. The molecule has 5 unspecified atom stereocenters. The quantitative estimate of drug-likeness (QED) is 0.841. The standard InChI is InChI=1S/C17H32N2O/c1-19(11-15-10-13-6-7-14(15)9-13)17(12-18)8-4-3-5-16(17)20-2/h13-16H,3-12,18H2,1-2H3. The van der Waals surface area contributed by atoms with E-state index in [9.17, 15) is 0 Å². The molecule has 116 valence electrons. The van der Waals surface area contributed by atoms with E-state index < -0.39 is 0 Å². The maximum Gasteiger partial charge on any atom is 0.0767 e. The van der Waals surface area contributed by atoms with Crippen LogP contribution in [-0.2, 0) is 4.74 Å². The van der Waals surface area contributed by atoms with Gasteiger partial charge < -0.3 is 10.5 Å². The van der Waals surface area contributed by atoms with Gasteiger partial charge in [-0.15, -0.1) is 0 Å². The summed E-state index contributed by atoms with van der Waals surface area (Å²) in [5, 5.41) is 0. The molecule has 20 heavy (non-hydrogen) atoms. The summed E-state index contributed by atoms with van der Waals surface area (Å²) in [6.07, 6.45) is 11.2. The summed E-state index contributed by atoms with van der Waals surface area (Å²) in [5.74, 6) is 2.96. The molecule has 0 heterocycles. The van der Waals surface area contributed by atoms with Crippen LogP contribution in [0.1, 0.15) is 51.4 Å². The SMILES string of the molecule is COC1CCCCC1(CN)N(C)CC1CC2CCC1C2. The molecule has 0 aromatic heterocycles. The largest absolute Gasteiger partial charge is 0.379 e. The molecule has 2 N–H and O–H groups in total. The fraction of sp³-hybridized carbons (Fsp3) is 1.00. The molecule has 3 heteroatoms. The monoisotopic (exact) mass is 280 g/mol. The van der Waals surface area contributed by atoms with Crippen molar-refractivity contribution in [3.8, 4) is 0 Å². The van der Waals surface area contributed by atoms with Crippen molar-refractivity contribution in [2.45, 2.75) is 63.0 Å². The first-order chi connectivity index (χ1) is 9.69. The second-order valence-corrected chi connectivity index (χ2v) is 7.59. The minimum absolute atomic E-state index is 0.0921. The molecule has 0 amide bonds. The number of nitrogens with two attached hydrogens (primary N) is 1. The summed E-state index contributed by atoms with van der Waals surface area (Å²) < 4.78 is 5.82. The van der Waals surface area contributed by atoms with E-state index >= 15 is 0 Å². The lowest BCUT2D eigenvalue weighted by Gasteiger charge is -2.50. The summed E-state index contributed by atoms with van der Waals surface area (Å²) in [5.41, 5.74) is 6.33. The number of likely N-dealkylation sites (N-methyl/N-ethyl adjacent to an activating group) is 1. The Bertz CT molecular complexity index is 335. The van der Waals surface area contributed by atoms with Gasteiger partial charge in [0, 0.05) is 20.2 Å². The van der Waals surface area contributed by atoms with Gasteiger partial charge in [0.25, 0.3) is 0 Å². The average molecular weight is 280 g/mol. The van der Waals surface area contributed by atoms with Crippen molar-refractivity contribution in [3.63, 3.8) is 0 Å². The number of fused-ring (bicyclic) bond motifs is 2. The van der Waals surface area contributed by atoms with Gasteiger partial charge in [0.15, 0.2) is 0 Å². The zero-order valence-electron chi connectivity index (χ0n) is 13.3. The Hall–Kier alpha value is -0.120. The molecule has 3 aliphatic carbocycles. The zero-order chi connectivity index (χ0) is 14.2. The van der Waals surface area contributed by atoms with E-state index in [1.54, 1.807) is 0 Å². The van der Waals surface area contributed by atoms with E-state index in [2.05, 4.69) is 11.9 Å². The molecule has 2 bridgehead atoms. The van der Waals surface area contributed by atoms with Crippen molar-refractivity contribution in [1.29, 1.82) is 0 Å². The predicted octanol–water partition coefficient (Wildman–Crippen LogP) is 2.64. The van der Waals surface area contributed by atoms with E-state index in [0.29, 0.717) is 6.10 Å². The molecular formula is C17H32N2O. The molecule has 0 aromatic rings. The molecule has 3 rings (SSSR count). The molecule has 3 nitrogen and oxygen atoms in total. The minimum Gasteiger partial charge on any atom is -0.379 e. The van der Waals surface area contributed by atoms with Gasteiger partial charge in [0.05, 0.1) is 11.6 Å². The smallest absolute Gasteiger partial charge is 0.0767 e. The normalized spacial score (nSPS) is 44.4. The molecule has 0 aliphatic heterocycles. The molecule has 3 saturated carbocycles. The van der Waals surface area contributed by atoms with Crippen molar-refractivity contribution < 1.29 is 4.74 Å². The molecule has 3 aliphatic rings. The molecule has 0 radical (unpaired) electrons. The highest BCUT2D eigenvalue weighted by atomic mass is 16.5. The van der Waals surface area contributed by atoms with Gasteiger partial charge in [-0.05, 0) is 56.9 Å². The third-order valence-corrected chi connectivity index (χ3v) is 6.72. The van der Waals surface area contributed by atoms with Crippen LogP contribution in [-0.4, -0.2) is 43.8 Å². The van der Waals surface area contributed by atoms with Crippen LogP contribution in [0.3, 0.4) is 0 Å². The van der Waals surface area contributed by atoms with Crippen molar-refractivity contribution in [2.24, 2.45) is 23.5 Å². The van der Waals surface area contributed by atoms with Crippen molar-refractivity contribution in [2.75, 3.05) is 27.2 Å². The van der Waals surface area contributed by atoms with Gasteiger partial charge in [0.2, 0.25) is 0 Å². The van der Waals surface area contributed by atoms with Crippen LogP contribution < -0.4 is 5.73 Å².